The Hall–Kier alpha value is -0.650. The fourth-order valence-corrected chi connectivity index (χ4v) is 2.97. The molecule has 1 aliphatic heterocycles. The van der Waals surface area contributed by atoms with Gasteiger partial charge in [0.2, 0.25) is 0 Å². The fourth-order valence-electron chi connectivity index (χ4n) is 2.47. The molecule has 0 bridgehead atoms. The summed E-state index contributed by atoms with van der Waals surface area (Å²) in [5.41, 5.74) is 7.09. The van der Waals surface area contributed by atoms with Gasteiger partial charge in [-0.1, -0.05) is 23.9 Å². The van der Waals surface area contributed by atoms with Crippen molar-refractivity contribution in [2.75, 3.05) is 13.1 Å². The highest BCUT2D eigenvalue weighted by atomic mass is 32.2. The molecule has 1 aliphatic rings. The van der Waals surface area contributed by atoms with E-state index in [2.05, 4.69) is 11.8 Å². The molecule has 2 N–H and O–H groups in total. The lowest BCUT2D eigenvalue weighted by atomic mass is 10.0. The number of benzene rings is 1. The highest BCUT2D eigenvalue weighted by Crippen LogP contribution is 2.26. The number of halogens is 2. The summed E-state index contributed by atoms with van der Waals surface area (Å²) in [6.07, 6.45) is 1.15. The highest BCUT2D eigenvalue weighted by Gasteiger charge is 2.24. The van der Waals surface area contributed by atoms with Gasteiger partial charge >= 0.3 is 0 Å². The zero-order valence-corrected chi connectivity index (χ0v) is 11.9. The Bertz CT molecular complexity index is 395. The Morgan fingerprint density at radius 3 is 2.58 bits per heavy atom. The van der Waals surface area contributed by atoms with Gasteiger partial charge in [0.05, 0.1) is 0 Å². The van der Waals surface area contributed by atoms with Gasteiger partial charge in [-0.2, -0.15) is 8.78 Å². The van der Waals surface area contributed by atoms with E-state index in [1.54, 1.807) is 12.1 Å². The average Bonchev–Trinajstić information content (AvgIpc) is 2.80. The van der Waals surface area contributed by atoms with Crippen LogP contribution in [-0.2, 0) is 6.54 Å². The SMILES string of the molecule is C[C@H](N)[C@@H]1CCN(Cc2ccc(SC(F)F)cc2)C1. The van der Waals surface area contributed by atoms with E-state index in [4.69, 9.17) is 5.73 Å². The van der Waals surface area contributed by atoms with E-state index in [1.807, 2.05) is 12.1 Å². The lowest BCUT2D eigenvalue weighted by Gasteiger charge is -2.18. The maximum absolute atomic E-state index is 12.2. The molecule has 1 heterocycles. The topological polar surface area (TPSA) is 29.3 Å². The van der Waals surface area contributed by atoms with Crippen molar-refractivity contribution in [3.63, 3.8) is 0 Å². The molecule has 0 radical (unpaired) electrons. The van der Waals surface area contributed by atoms with Gasteiger partial charge in [0.15, 0.2) is 0 Å². The largest absolute Gasteiger partial charge is 0.328 e. The summed E-state index contributed by atoms with van der Waals surface area (Å²) >= 11 is 0.591. The molecule has 0 saturated carbocycles. The van der Waals surface area contributed by atoms with E-state index >= 15 is 0 Å². The first-order chi connectivity index (χ1) is 9.04. The summed E-state index contributed by atoms with van der Waals surface area (Å²) in [5, 5.41) is 0. The number of thioether (sulfide) groups is 1. The minimum Gasteiger partial charge on any atom is -0.328 e. The summed E-state index contributed by atoms with van der Waals surface area (Å²) in [6, 6.07) is 7.65. The molecular weight excluding hydrogens is 266 g/mol. The molecule has 2 atom stereocenters. The van der Waals surface area contributed by atoms with Crippen LogP contribution in [0.4, 0.5) is 8.78 Å². The van der Waals surface area contributed by atoms with Gasteiger partial charge in [-0.3, -0.25) is 4.90 Å². The van der Waals surface area contributed by atoms with Gasteiger partial charge < -0.3 is 5.73 Å². The Kier molecular flexibility index (Phi) is 5.19. The standard InChI is InChI=1S/C14H20F2N2S/c1-10(17)12-6-7-18(9-12)8-11-2-4-13(5-3-11)19-14(15)16/h2-5,10,12,14H,6-9,17H2,1H3/t10-,12+/m0/s1. The number of rotatable bonds is 5. The third-order valence-corrected chi connectivity index (χ3v) is 4.33. The van der Waals surface area contributed by atoms with Crippen LogP contribution in [-0.4, -0.2) is 29.8 Å². The predicted octanol–water partition coefficient (Wildman–Crippen LogP) is 3.17. The van der Waals surface area contributed by atoms with Crippen LogP contribution < -0.4 is 5.73 Å². The second-order valence-electron chi connectivity index (χ2n) is 5.17. The van der Waals surface area contributed by atoms with Crippen molar-refractivity contribution in [1.82, 2.24) is 4.90 Å². The molecule has 1 aromatic rings. The molecule has 106 valence electrons. The summed E-state index contributed by atoms with van der Waals surface area (Å²) in [6.45, 7) is 5.04. The minimum absolute atomic E-state index is 0.245. The normalized spacial score (nSPS) is 22.1. The van der Waals surface area contributed by atoms with Crippen molar-refractivity contribution >= 4 is 11.8 Å². The van der Waals surface area contributed by atoms with Crippen molar-refractivity contribution in [2.45, 2.75) is 36.6 Å². The first-order valence-electron chi connectivity index (χ1n) is 6.56. The number of hydrogen-bond donors (Lipinski definition) is 1. The van der Waals surface area contributed by atoms with Gasteiger partial charge in [0.1, 0.15) is 0 Å². The lowest BCUT2D eigenvalue weighted by molar-refractivity contribution is 0.252. The lowest BCUT2D eigenvalue weighted by Crippen LogP contribution is -2.29. The molecule has 19 heavy (non-hydrogen) atoms. The first-order valence-corrected chi connectivity index (χ1v) is 7.44. The van der Waals surface area contributed by atoms with Crippen LogP contribution in [0, 0.1) is 5.92 Å². The summed E-state index contributed by atoms with van der Waals surface area (Å²) in [7, 11) is 0. The second kappa shape index (κ2) is 6.68. The molecule has 0 unspecified atom stereocenters. The van der Waals surface area contributed by atoms with Gasteiger partial charge in [0, 0.05) is 24.0 Å². The number of hydrogen-bond acceptors (Lipinski definition) is 3. The van der Waals surface area contributed by atoms with Crippen LogP contribution >= 0.6 is 11.8 Å². The van der Waals surface area contributed by atoms with Crippen molar-refractivity contribution in [3.05, 3.63) is 29.8 Å². The van der Waals surface area contributed by atoms with Crippen molar-refractivity contribution < 1.29 is 8.78 Å². The van der Waals surface area contributed by atoms with E-state index < -0.39 is 5.76 Å². The molecule has 1 fully saturated rings. The fraction of sp³-hybridized carbons (Fsp3) is 0.571. The summed E-state index contributed by atoms with van der Waals surface area (Å²) < 4.78 is 24.4. The van der Waals surface area contributed by atoms with Gasteiger partial charge in [0.25, 0.3) is 5.76 Å². The molecule has 5 heteroatoms. The molecule has 2 nitrogen and oxygen atoms in total. The van der Waals surface area contributed by atoms with E-state index in [0.717, 1.165) is 26.1 Å². The molecule has 0 aliphatic carbocycles. The Balaban J connectivity index is 1.86. The minimum atomic E-state index is -2.35. The van der Waals surface area contributed by atoms with Gasteiger partial charge in [-0.05, 0) is 43.5 Å². The summed E-state index contributed by atoms with van der Waals surface area (Å²) in [5.74, 6) is -1.77. The first kappa shape index (κ1) is 14.8. The van der Waals surface area contributed by atoms with Crippen molar-refractivity contribution in [1.29, 1.82) is 0 Å². The molecule has 1 aromatic carbocycles. The van der Waals surface area contributed by atoms with Crippen LogP contribution in [0.1, 0.15) is 18.9 Å². The maximum Gasteiger partial charge on any atom is 0.288 e. The van der Waals surface area contributed by atoms with Crippen molar-refractivity contribution in [3.8, 4) is 0 Å². The molecule has 2 rings (SSSR count). The van der Waals surface area contributed by atoms with Crippen molar-refractivity contribution in [2.24, 2.45) is 11.7 Å². The number of likely N-dealkylation sites (tertiary alicyclic amines) is 1. The zero-order chi connectivity index (χ0) is 13.8. The van der Waals surface area contributed by atoms with Gasteiger partial charge in [-0.25, -0.2) is 0 Å². The quantitative estimate of drug-likeness (QED) is 0.843. The molecule has 0 amide bonds. The van der Waals surface area contributed by atoms with Crippen LogP contribution in [0.2, 0.25) is 0 Å². The number of nitrogens with zero attached hydrogens (tertiary/aromatic N) is 1. The Labute approximate surface area is 117 Å². The molecule has 1 saturated heterocycles. The molecule has 0 aromatic heterocycles. The predicted molar refractivity (Wildman–Crippen MR) is 75.3 cm³/mol. The molecular formula is C14H20F2N2S. The third-order valence-electron chi connectivity index (χ3n) is 3.61. The smallest absolute Gasteiger partial charge is 0.288 e. The maximum atomic E-state index is 12.2. The van der Waals surface area contributed by atoms with E-state index in [-0.39, 0.29) is 6.04 Å². The highest BCUT2D eigenvalue weighted by molar-refractivity contribution is 7.99. The number of alkyl halides is 2. The zero-order valence-electron chi connectivity index (χ0n) is 11.1. The van der Waals surface area contributed by atoms with Gasteiger partial charge in [-0.15, -0.1) is 0 Å². The Morgan fingerprint density at radius 2 is 2.05 bits per heavy atom. The molecule has 0 spiro atoms. The van der Waals surface area contributed by atoms with E-state index in [0.29, 0.717) is 22.6 Å². The Morgan fingerprint density at radius 1 is 1.37 bits per heavy atom. The van der Waals surface area contributed by atoms with Crippen LogP contribution in [0.25, 0.3) is 0 Å². The van der Waals surface area contributed by atoms with Crippen LogP contribution in [0.15, 0.2) is 29.2 Å². The van der Waals surface area contributed by atoms with Crippen LogP contribution in [0.3, 0.4) is 0 Å². The second-order valence-corrected chi connectivity index (χ2v) is 6.23. The van der Waals surface area contributed by atoms with E-state index in [9.17, 15) is 8.78 Å². The van der Waals surface area contributed by atoms with Crippen LogP contribution in [0.5, 0.6) is 0 Å². The van der Waals surface area contributed by atoms with E-state index in [1.165, 1.54) is 5.56 Å². The summed E-state index contributed by atoms with van der Waals surface area (Å²) in [4.78, 5) is 3.00. The monoisotopic (exact) mass is 286 g/mol. The third kappa shape index (κ3) is 4.44. The average molecular weight is 286 g/mol. The number of nitrogens with two attached hydrogens (primary N) is 1.